The molecule has 3 heterocycles. The Balaban J connectivity index is 1.50. The number of carbonyl (C=O) groups is 3. The van der Waals surface area contributed by atoms with Crippen LogP contribution in [0.3, 0.4) is 0 Å². The van der Waals surface area contributed by atoms with E-state index in [1.54, 1.807) is 24.4 Å². The molecule has 0 aliphatic carbocycles. The van der Waals surface area contributed by atoms with Gasteiger partial charge in [-0.25, -0.2) is 14.2 Å². The average molecular weight is 412 g/mol. The normalized spacial score (nSPS) is 19.1. The van der Waals surface area contributed by atoms with Gasteiger partial charge in [-0.05, 0) is 30.3 Å². The van der Waals surface area contributed by atoms with E-state index >= 15 is 0 Å². The van der Waals surface area contributed by atoms with Gasteiger partial charge in [0.15, 0.2) is 6.10 Å². The number of benzene rings is 1. The van der Waals surface area contributed by atoms with Gasteiger partial charge in [-0.3, -0.25) is 14.5 Å². The second-order valence-electron chi connectivity index (χ2n) is 7.19. The number of hydrogen-bond donors (Lipinski definition) is 1. The molecule has 1 aromatic heterocycles. The number of cyclic esters (lactones) is 1. The lowest BCUT2D eigenvalue weighted by Gasteiger charge is -2.27. The van der Waals surface area contributed by atoms with Gasteiger partial charge >= 0.3 is 6.09 Å². The number of anilines is 2. The van der Waals surface area contributed by atoms with Gasteiger partial charge in [0.1, 0.15) is 17.4 Å². The second-order valence-corrected chi connectivity index (χ2v) is 7.19. The third-order valence-electron chi connectivity index (χ3n) is 5.32. The summed E-state index contributed by atoms with van der Waals surface area (Å²) in [6.45, 7) is 1.29. The van der Waals surface area contributed by atoms with Crippen LogP contribution in [0.25, 0.3) is 11.1 Å². The van der Waals surface area contributed by atoms with Crippen LogP contribution >= 0.6 is 0 Å². The number of ether oxygens (including phenoxy) is 1. The van der Waals surface area contributed by atoms with Crippen LogP contribution in [0.4, 0.5) is 20.7 Å². The molecule has 30 heavy (non-hydrogen) atoms. The van der Waals surface area contributed by atoms with Crippen molar-refractivity contribution in [1.29, 1.82) is 0 Å². The molecule has 9 heteroatoms. The Bertz CT molecular complexity index is 985. The van der Waals surface area contributed by atoms with Gasteiger partial charge in [-0.15, -0.1) is 0 Å². The van der Waals surface area contributed by atoms with E-state index in [9.17, 15) is 18.8 Å². The standard InChI is InChI=1S/C21H21FN4O4/c1-23-20(28)18-12-26(21(29)30-18)14-3-4-16(17(22)10-14)13-2-5-19(24-11-13)25-8-6-15(27)7-9-25/h2-5,10-11,18H,6-9,12H2,1H3,(H,23,28)/t18-/m1/s1. The monoisotopic (exact) mass is 412 g/mol. The molecule has 2 aliphatic heterocycles. The van der Waals surface area contributed by atoms with E-state index in [2.05, 4.69) is 10.3 Å². The lowest BCUT2D eigenvalue weighted by atomic mass is 10.1. The molecule has 0 unspecified atom stereocenters. The number of halogens is 1. The molecule has 0 saturated carbocycles. The van der Waals surface area contributed by atoms with E-state index in [-0.39, 0.29) is 12.3 Å². The van der Waals surface area contributed by atoms with E-state index < -0.39 is 23.9 Å². The number of nitrogens with zero attached hydrogens (tertiary/aromatic N) is 3. The summed E-state index contributed by atoms with van der Waals surface area (Å²) in [7, 11) is 1.46. The van der Waals surface area contributed by atoms with Crippen molar-refractivity contribution in [1.82, 2.24) is 10.3 Å². The Labute approximate surface area is 172 Å². The number of Topliss-reactive ketones (excluding diaryl/α,β-unsaturated/α-hetero) is 1. The molecule has 1 atom stereocenters. The van der Waals surface area contributed by atoms with Crippen molar-refractivity contribution in [2.75, 3.05) is 36.5 Å². The highest BCUT2D eigenvalue weighted by molar-refractivity contribution is 5.95. The Morgan fingerprint density at radius 3 is 2.60 bits per heavy atom. The van der Waals surface area contributed by atoms with Crippen LogP contribution in [0.1, 0.15) is 12.8 Å². The van der Waals surface area contributed by atoms with Crippen molar-refractivity contribution < 1.29 is 23.5 Å². The second kappa shape index (κ2) is 8.10. The van der Waals surface area contributed by atoms with Crippen molar-refractivity contribution in [3.8, 4) is 11.1 Å². The Morgan fingerprint density at radius 1 is 1.20 bits per heavy atom. The molecule has 0 spiro atoms. The van der Waals surface area contributed by atoms with Crippen LogP contribution in [0.2, 0.25) is 0 Å². The highest BCUT2D eigenvalue weighted by atomic mass is 19.1. The first kappa shape index (κ1) is 19.8. The van der Waals surface area contributed by atoms with E-state index in [1.807, 2.05) is 11.0 Å². The van der Waals surface area contributed by atoms with E-state index in [1.165, 1.54) is 18.0 Å². The summed E-state index contributed by atoms with van der Waals surface area (Å²) in [6.07, 6.45) is 1.00. The number of likely N-dealkylation sites (N-methyl/N-ethyl adjacent to an activating group) is 1. The van der Waals surface area contributed by atoms with E-state index in [4.69, 9.17) is 4.74 Å². The summed E-state index contributed by atoms with van der Waals surface area (Å²) in [5.74, 6) is 0.0888. The first-order valence-corrected chi connectivity index (χ1v) is 9.68. The fraction of sp³-hybridized carbons (Fsp3) is 0.333. The maximum absolute atomic E-state index is 14.8. The molecule has 8 nitrogen and oxygen atoms in total. The number of aromatic nitrogens is 1. The first-order chi connectivity index (χ1) is 14.5. The zero-order valence-corrected chi connectivity index (χ0v) is 16.4. The van der Waals surface area contributed by atoms with E-state index in [0.717, 1.165) is 5.82 Å². The van der Waals surface area contributed by atoms with Crippen LogP contribution in [-0.4, -0.2) is 55.6 Å². The molecule has 2 aromatic rings. The van der Waals surface area contributed by atoms with Gasteiger partial charge in [0.2, 0.25) is 0 Å². The summed E-state index contributed by atoms with van der Waals surface area (Å²) >= 11 is 0. The van der Waals surface area contributed by atoms with Gasteiger partial charge in [0.25, 0.3) is 5.91 Å². The minimum absolute atomic E-state index is 0.0197. The molecular weight excluding hydrogens is 391 g/mol. The first-order valence-electron chi connectivity index (χ1n) is 9.68. The molecule has 2 aliphatic rings. The SMILES string of the molecule is CNC(=O)[C@H]1CN(c2ccc(-c3ccc(N4CCC(=O)CC4)nc3)c(F)c2)C(=O)O1. The average Bonchev–Trinajstić information content (AvgIpc) is 3.15. The van der Waals surface area contributed by atoms with Gasteiger partial charge in [0, 0.05) is 50.3 Å². The maximum atomic E-state index is 14.8. The number of carbonyl (C=O) groups excluding carboxylic acids is 3. The van der Waals surface area contributed by atoms with Crippen LogP contribution in [0.15, 0.2) is 36.5 Å². The van der Waals surface area contributed by atoms with Crippen LogP contribution in [-0.2, 0) is 14.3 Å². The minimum atomic E-state index is -0.924. The van der Waals surface area contributed by atoms with Crippen molar-refractivity contribution in [2.45, 2.75) is 18.9 Å². The zero-order chi connectivity index (χ0) is 21.3. The number of piperidine rings is 1. The van der Waals surface area contributed by atoms with Gasteiger partial charge < -0.3 is 15.0 Å². The molecule has 0 bridgehead atoms. The molecule has 1 aromatic carbocycles. The summed E-state index contributed by atoms with van der Waals surface area (Å²) in [4.78, 5) is 42.8. The fourth-order valence-corrected chi connectivity index (χ4v) is 3.59. The Kier molecular flexibility index (Phi) is 5.35. The number of amides is 2. The molecule has 2 saturated heterocycles. The van der Waals surface area contributed by atoms with Crippen LogP contribution in [0.5, 0.6) is 0 Å². The molecule has 1 N–H and O–H groups in total. The summed E-state index contributed by atoms with van der Waals surface area (Å²) in [5.41, 5.74) is 1.26. The quantitative estimate of drug-likeness (QED) is 0.827. The molecule has 2 amide bonds. The van der Waals surface area contributed by atoms with Gasteiger partial charge in [-0.2, -0.15) is 0 Å². The number of ketones is 1. The predicted molar refractivity (Wildman–Crippen MR) is 108 cm³/mol. The molecular formula is C21H21FN4O4. The summed E-state index contributed by atoms with van der Waals surface area (Å²) < 4.78 is 19.8. The molecule has 156 valence electrons. The van der Waals surface area contributed by atoms with Crippen LogP contribution in [0, 0.1) is 5.82 Å². The predicted octanol–water partition coefficient (Wildman–Crippen LogP) is 2.13. The fourth-order valence-electron chi connectivity index (χ4n) is 3.59. The Hall–Kier alpha value is -3.49. The third-order valence-corrected chi connectivity index (χ3v) is 5.32. The Morgan fingerprint density at radius 2 is 1.97 bits per heavy atom. The highest BCUT2D eigenvalue weighted by Crippen LogP contribution is 2.29. The summed E-state index contributed by atoms with van der Waals surface area (Å²) in [5, 5.41) is 2.43. The lowest BCUT2D eigenvalue weighted by Crippen LogP contribution is -2.35. The van der Waals surface area contributed by atoms with Gasteiger partial charge in [0.05, 0.1) is 12.2 Å². The van der Waals surface area contributed by atoms with Crippen LogP contribution < -0.4 is 15.1 Å². The smallest absolute Gasteiger partial charge is 0.415 e. The number of pyridine rings is 1. The maximum Gasteiger partial charge on any atom is 0.415 e. The highest BCUT2D eigenvalue weighted by Gasteiger charge is 2.36. The van der Waals surface area contributed by atoms with Crippen molar-refractivity contribution in [3.63, 3.8) is 0 Å². The topological polar surface area (TPSA) is 91.8 Å². The van der Waals surface area contributed by atoms with Gasteiger partial charge in [-0.1, -0.05) is 0 Å². The van der Waals surface area contributed by atoms with Crippen molar-refractivity contribution in [3.05, 3.63) is 42.3 Å². The summed E-state index contributed by atoms with van der Waals surface area (Å²) in [6, 6.07) is 8.01. The number of nitrogens with one attached hydrogen (secondary N) is 1. The third kappa shape index (κ3) is 3.83. The lowest BCUT2D eigenvalue weighted by molar-refractivity contribution is -0.127. The minimum Gasteiger partial charge on any atom is -0.434 e. The zero-order valence-electron chi connectivity index (χ0n) is 16.4. The largest absolute Gasteiger partial charge is 0.434 e. The number of hydrogen-bond acceptors (Lipinski definition) is 6. The number of rotatable bonds is 4. The van der Waals surface area contributed by atoms with Crippen molar-refractivity contribution >= 4 is 29.3 Å². The van der Waals surface area contributed by atoms with E-state index in [0.29, 0.717) is 42.7 Å². The molecule has 4 rings (SSSR count). The molecule has 0 radical (unpaired) electrons. The molecule has 2 fully saturated rings. The van der Waals surface area contributed by atoms with Crippen molar-refractivity contribution in [2.24, 2.45) is 0 Å².